The lowest BCUT2D eigenvalue weighted by atomic mass is 9.86. The van der Waals surface area contributed by atoms with Gasteiger partial charge in [-0.1, -0.05) is 60.5 Å². The summed E-state index contributed by atoms with van der Waals surface area (Å²) in [7, 11) is 0. The van der Waals surface area contributed by atoms with E-state index in [0.717, 1.165) is 38.0 Å². The van der Waals surface area contributed by atoms with Crippen LogP contribution in [0.5, 0.6) is 5.75 Å². The quantitative estimate of drug-likeness (QED) is 0.691. The van der Waals surface area contributed by atoms with E-state index in [1.807, 2.05) is 12.1 Å². The van der Waals surface area contributed by atoms with Gasteiger partial charge in [0, 0.05) is 37.7 Å². The van der Waals surface area contributed by atoms with Gasteiger partial charge in [0.1, 0.15) is 0 Å². The first-order valence-corrected chi connectivity index (χ1v) is 10.6. The van der Waals surface area contributed by atoms with Gasteiger partial charge in [-0.25, -0.2) is 0 Å². The van der Waals surface area contributed by atoms with Crippen LogP contribution in [-0.4, -0.2) is 30.3 Å². The third kappa shape index (κ3) is 4.14. The molecule has 0 radical (unpaired) electrons. The number of ether oxygens (including phenoxy) is 1. The Balaban J connectivity index is 1.50. The zero-order valence-corrected chi connectivity index (χ0v) is 17.5. The van der Waals surface area contributed by atoms with Gasteiger partial charge in [-0.3, -0.25) is 4.90 Å². The molecule has 4 nitrogen and oxygen atoms in total. The number of halogens is 2. The molecule has 0 saturated carbocycles. The molecule has 0 amide bonds. The fourth-order valence-electron chi connectivity index (χ4n) is 4.01. The molecule has 0 spiro atoms. The van der Waals surface area contributed by atoms with Gasteiger partial charge in [-0.15, -0.1) is 0 Å². The van der Waals surface area contributed by atoms with Crippen molar-refractivity contribution in [3.8, 4) is 5.75 Å². The Morgan fingerprint density at radius 1 is 1.18 bits per heavy atom. The lowest BCUT2D eigenvalue weighted by molar-refractivity contribution is 0.220. The van der Waals surface area contributed by atoms with Crippen LogP contribution in [0.3, 0.4) is 0 Å². The van der Waals surface area contributed by atoms with Crippen LogP contribution in [0.2, 0.25) is 10.0 Å². The van der Waals surface area contributed by atoms with Crippen LogP contribution in [-0.2, 0) is 6.54 Å². The summed E-state index contributed by atoms with van der Waals surface area (Å²) in [5.74, 6) is 0.898. The summed E-state index contributed by atoms with van der Waals surface area (Å²) in [6, 6.07) is 14.6. The Hall–Kier alpha value is -1.75. The Morgan fingerprint density at radius 3 is 2.64 bits per heavy atom. The first-order chi connectivity index (χ1) is 13.7. The van der Waals surface area contributed by atoms with E-state index in [9.17, 15) is 0 Å². The van der Waals surface area contributed by atoms with E-state index >= 15 is 0 Å². The van der Waals surface area contributed by atoms with Crippen molar-refractivity contribution in [1.82, 2.24) is 10.3 Å². The highest BCUT2D eigenvalue weighted by atomic mass is 35.5. The molecule has 1 saturated heterocycles. The highest BCUT2D eigenvalue weighted by molar-refractivity contribution is 6.37. The van der Waals surface area contributed by atoms with Gasteiger partial charge in [0.05, 0.1) is 22.7 Å². The highest BCUT2D eigenvalue weighted by Gasteiger charge is 2.37. The van der Waals surface area contributed by atoms with Crippen LogP contribution < -0.4 is 10.2 Å². The maximum Gasteiger partial charge on any atom is 0.156 e. The van der Waals surface area contributed by atoms with Crippen LogP contribution in [0.1, 0.15) is 36.9 Å². The fourth-order valence-corrected chi connectivity index (χ4v) is 4.62. The minimum absolute atomic E-state index is 0.0869. The molecule has 2 aromatic rings. The molecule has 2 aliphatic rings. The molecule has 2 aromatic carbocycles. The standard InChI is InChI=1S/C22H25Cl2N3O/c1-2-10-28-22-18(23)11-16(12-19(22)24)21-17-14-27(9-8-20(17)25-26-21)13-15-6-4-3-5-7-15/h3-7,11-12,17,21,26H,2,8-10,13-14H2,1H3. The van der Waals surface area contributed by atoms with Crippen molar-refractivity contribution in [2.24, 2.45) is 11.0 Å². The van der Waals surface area contributed by atoms with Crippen LogP contribution in [0.15, 0.2) is 47.6 Å². The largest absolute Gasteiger partial charge is 0.490 e. The molecule has 0 aromatic heterocycles. The summed E-state index contributed by atoms with van der Waals surface area (Å²) >= 11 is 12.9. The van der Waals surface area contributed by atoms with Gasteiger partial charge in [0.25, 0.3) is 0 Å². The average molecular weight is 418 g/mol. The third-order valence-corrected chi connectivity index (χ3v) is 5.96. The third-order valence-electron chi connectivity index (χ3n) is 5.40. The van der Waals surface area contributed by atoms with Crippen LogP contribution in [0, 0.1) is 5.92 Å². The second-order valence-electron chi connectivity index (χ2n) is 7.45. The van der Waals surface area contributed by atoms with Crippen molar-refractivity contribution < 1.29 is 4.74 Å². The average Bonchev–Trinajstić information content (AvgIpc) is 3.11. The normalized spacial score (nSPS) is 21.8. The molecule has 28 heavy (non-hydrogen) atoms. The summed E-state index contributed by atoms with van der Waals surface area (Å²) in [4.78, 5) is 2.50. The van der Waals surface area contributed by atoms with Crippen molar-refractivity contribution >= 4 is 28.9 Å². The van der Waals surface area contributed by atoms with Gasteiger partial charge >= 0.3 is 0 Å². The van der Waals surface area contributed by atoms with Crippen LogP contribution >= 0.6 is 23.2 Å². The Labute approximate surface area is 176 Å². The molecule has 2 heterocycles. The van der Waals surface area contributed by atoms with Crippen molar-refractivity contribution in [1.29, 1.82) is 0 Å². The van der Waals surface area contributed by atoms with E-state index < -0.39 is 0 Å². The second kappa shape index (κ2) is 8.73. The lowest BCUT2D eigenvalue weighted by Crippen LogP contribution is -2.41. The maximum atomic E-state index is 6.47. The number of nitrogens with one attached hydrogen (secondary N) is 1. The van der Waals surface area contributed by atoms with Gasteiger partial charge in [0.2, 0.25) is 0 Å². The second-order valence-corrected chi connectivity index (χ2v) is 8.26. The molecule has 4 rings (SSSR count). The number of hydrogen-bond acceptors (Lipinski definition) is 4. The number of likely N-dealkylation sites (tertiary alicyclic amines) is 1. The lowest BCUT2D eigenvalue weighted by Gasteiger charge is -2.33. The maximum absolute atomic E-state index is 6.47. The van der Waals surface area contributed by atoms with E-state index in [1.165, 1.54) is 11.3 Å². The predicted molar refractivity (Wildman–Crippen MR) is 115 cm³/mol. The summed E-state index contributed by atoms with van der Waals surface area (Å²) in [6.45, 7) is 5.62. The summed E-state index contributed by atoms with van der Waals surface area (Å²) in [5, 5.41) is 5.73. The first-order valence-electron chi connectivity index (χ1n) is 9.85. The van der Waals surface area contributed by atoms with E-state index in [1.54, 1.807) is 0 Å². The number of hydrogen-bond donors (Lipinski definition) is 1. The van der Waals surface area contributed by atoms with Gasteiger partial charge in [-0.2, -0.15) is 5.10 Å². The van der Waals surface area contributed by atoms with E-state index in [2.05, 4.69) is 52.7 Å². The van der Waals surface area contributed by atoms with E-state index in [4.69, 9.17) is 27.9 Å². The molecule has 1 N–H and O–H groups in total. The zero-order valence-electron chi connectivity index (χ0n) is 16.0. The minimum Gasteiger partial charge on any atom is -0.490 e. The van der Waals surface area contributed by atoms with E-state index in [-0.39, 0.29) is 6.04 Å². The number of nitrogens with zero attached hydrogens (tertiary/aromatic N) is 2. The molecule has 2 atom stereocenters. The summed E-state index contributed by atoms with van der Waals surface area (Å²) in [5.41, 5.74) is 6.96. The molecular weight excluding hydrogens is 393 g/mol. The molecule has 148 valence electrons. The molecule has 1 fully saturated rings. The number of rotatable bonds is 6. The van der Waals surface area contributed by atoms with E-state index in [0.29, 0.717) is 28.3 Å². The van der Waals surface area contributed by atoms with Crippen molar-refractivity contribution in [2.75, 3.05) is 19.7 Å². The zero-order chi connectivity index (χ0) is 19.5. The summed E-state index contributed by atoms with van der Waals surface area (Å²) in [6.07, 6.45) is 1.90. The highest BCUT2D eigenvalue weighted by Crippen LogP contribution is 2.40. The molecule has 2 unspecified atom stereocenters. The fraction of sp³-hybridized carbons (Fsp3) is 0.409. The molecule has 0 bridgehead atoms. The SMILES string of the molecule is CCCOc1c(Cl)cc(C2NN=C3CCN(Cc4ccccc4)CC32)cc1Cl. The molecule has 2 aliphatic heterocycles. The van der Waals surface area contributed by atoms with Crippen LogP contribution in [0.25, 0.3) is 0 Å². The number of piperidine rings is 1. The predicted octanol–water partition coefficient (Wildman–Crippen LogP) is 5.30. The van der Waals surface area contributed by atoms with Gasteiger partial charge in [0.15, 0.2) is 5.75 Å². The molecule has 0 aliphatic carbocycles. The topological polar surface area (TPSA) is 36.9 Å². The minimum atomic E-state index is 0.0869. The molecular formula is C22H25Cl2N3O. The van der Waals surface area contributed by atoms with Gasteiger partial charge in [-0.05, 0) is 29.7 Å². The Bertz CT molecular complexity index is 833. The van der Waals surface area contributed by atoms with Crippen molar-refractivity contribution in [3.05, 3.63) is 63.6 Å². The number of benzene rings is 2. The Morgan fingerprint density at radius 2 is 1.93 bits per heavy atom. The van der Waals surface area contributed by atoms with Gasteiger partial charge < -0.3 is 10.2 Å². The number of hydrazone groups is 1. The smallest absolute Gasteiger partial charge is 0.156 e. The number of fused-ring (bicyclic) bond motifs is 1. The monoisotopic (exact) mass is 417 g/mol. The van der Waals surface area contributed by atoms with Crippen molar-refractivity contribution in [2.45, 2.75) is 32.4 Å². The summed E-state index contributed by atoms with van der Waals surface area (Å²) < 4.78 is 5.70. The Kier molecular flexibility index (Phi) is 6.10. The van der Waals surface area contributed by atoms with Crippen molar-refractivity contribution in [3.63, 3.8) is 0 Å². The van der Waals surface area contributed by atoms with Crippen LogP contribution in [0.4, 0.5) is 0 Å². The molecule has 6 heteroatoms. The first kappa shape index (κ1) is 19.6.